The SMILES string of the molecule is CCc1c(O)n(CCc2ccc(F)cc2)c(=O)[nH]c1=O. The molecule has 0 radical (unpaired) electrons. The maximum Gasteiger partial charge on any atom is 0.331 e. The number of aromatic amines is 1. The summed E-state index contributed by atoms with van der Waals surface area (Å²) >= 11 is 0. The van der Waals surface area contributed by atoms with E-state index in [9.17, 15) is 19.1 Å². The normalized spacial score (nSPS) is 10.7. The molecule has 0 spiro atoms. The average Bonchev–Trinajstić information content (AvgIpc) is 2.40. The number of aromatic hydroxyl groups is 1. The largest absolute Gasteiger partial charge is 0.494 e. The third-order valence-electron chi connectivity index (χ3n) is 3.16. The molecule has 0 aliphatic heterocycles. The smallest absolute Gasteiger partial charge is 0.331 e. The Morgan fingerprint density at radius 3 is 2.50 bits per heavy atom. The van der Waals surface area contributed by atoms with Crippen molar-refractivity contribution in [2.24, 2.45) is 0 Å². The molecule has 20 heavy (non-hydrogen) atoms. The lowest BCUT2D eigenvalue weighted by Gasteiger charge is -2.10. The zero-order valence-corrected chi connectivity index (χ0v) is 11.0. The average molecular weight is 278 g/mol. The van der Waals surface area contributed by atoms with Crippen molar-refractivity contribution >= 4 is 0 Å². The molecular weight excluding hydrogens is 263 g/mol. The maximum atomic E-state index is 12.8. The highest BCUT2D eigenvalue weighted by atomic mass is 19.1. The highest BCUT2D eigenvalue weighted by molar-refractivity contribution is 5.23. The number of nitrogens with one attached hydrogen (secondary N) is 1. The van der Waals surface area contributed by atoms with Crippen molar-refractivity contribution in [2.45, 2.75) is 26.3 Å². The van der Waals surface area contributed by atoms with Crippen LogP contribution in [0.4, 0.5) is 4.39 Å². The van der Waals surface area contributed by atoms with Crippen LogP contribution in [0.15, 0.2) is 33.9 Å². The Hall–Kier alpha value is -2.37. The summed E-state index contributed by atoms with van der Waals surface area (Å²) in [6, 6.07) is 5.90. The van der Waals surface area contributed by atoms with Gasteiger partial charge in [0.1, 0.15) is 5.82 Å². The molecule has 2 N–H and O–H groups in total. The first-order valence-electron chi connectivity index (χ1n) is 6.32. The van der Waals surface area contributed by atoms with Crippen molar-refractivity contribution in [3.63, 3.8) is 0 Å². The molecule has 0 unspecified atom stereocenters. The van der Waals surface area contributed by atoms with E-state index >= 15 is 0 Å². The van der Waals surface area contributed by atoms with Crippen molar-refractivity contribution in [2.75, 3.05) is 0 Å². The minimum absolute atomic E-state index is 0.184. The monoisotopic (exact) mass is 278 g/mol. The van der Waals surface area contributed by atoms with Crippen LogP contribution in [0, 0.1) is 5.82 Å². The molecule has 0 aliphatic carbocycles. The van der Waals surface area contributed by atoms with E-state index < -0.39 is 11.2 Å². The highest BCUT2D eigenvalue weighted by Crippen LogP contribution is 2.12. The molecule has 0 atom stereocenters. The molecule has 0 fully saturated rings. The van der Waals surface area contributed by atoms with Crippen LogP contribution in [0.25, 0.3) is 0 Å². The Bertz CT molecular complexity index is 717. The summed E-state index contributed by atoms with van der Waals surface area (Å²) in [6.45, 7) is 1.93. The Balaban J connectivity index is 2.28. The molecule has 0 saturated heterocycles. The van der Waals surface area contributed by atoms with Crippen LogP contribution in [0.1, 0.15) is 18.1 Å². The molecule has 5 nitrogen and oxygen atoms in total. The van der Waals surface area contributed by atoms with E-state index in [-0.39, 0.29) is 23.8 Å². The van der Waals surface area contributed by atoms with Crippen LogP contribution in [0.2, 0.25) is 0 Å². The van der Waals surface area contributed by atoms with Gasteiger partial charge in [-0.05, 0) is 30.5 Å². The standard InChI is InChI=1S/C14H15FN2O3/c1-2-11-12(18)16-14(20)17(13(11)19)8-7-9-3-5-10(15)6-4-9/h3-6,19H,2,7-8H2,1H3,(H,16,18,20). The lowest BCUT2D eigenvalue weighted by atomic mass is 10.1. The van der Waals surface area contributed by atoms with Crippen molar-refractivity contribution in [3.05, 3.63) is 62.0 Å². The van der Waals surface area contributed by atoms with Gasteiger partial charge in [0.05, 0.1) is 5.56 Å². The van der Waals surface area contributed by atoms with Crippen molar-refractivity contribution < 1.29 is 9.50 Å². The van der Waals surface area contributed by atoms with Gasteiger partial charge in [-0.3, -0.25) is 14.3 Å². The fourth-order valence-corrected chi connectivity index (χ4v) is 2.02. The molecule has 0 bridgehead atoms. The zero-order valence-electron chi connectivity index (χ0n) is 11.0. The van der Waals surface area contributed by atoms with Gasteiger partial charge in [0.15, 0.2) is 0 Å². The van der Waals surface area contributed by atoms with Gasteiger partial charge >= 0.3 is 5.69 Å². The van der Waals surface area contributed by atoms with Gasteiger partial charge in [-0.25, -0.2) is 9.18 Å². The minimum atomic E-state index is -0.646. The van der Waals surface area contributed by atoms with Gasteiger partial charge in [-0.1, -0.05) is 19.1 Å². The maximum absolute atomic E-state index is 12.8. The third kappa shape index (κ3) is 2.79. The fourth-order valence-electron chi connectivity index (χ4n) is 2.02. The van der Waals surface area contributed by atoms with Crippen LogP contribution < -0.4 is 11.2 Å². The molecule has 0 amide bonds. The molecule has 0 saturated carbocycles. The number of benzene rings is 1. The Kier molecular flexibility index (Phi) is 4.02. The molecule has 0 aliphatic rings. The Labute approximate surface area is 114 Å². The number of nitrogens with zero attached hydrogens (tertiary/aromatic N) is 1. The van der Waals surface area contributed by atoms with Crippen molar-refractivity contribution in [1.82, 2.24) is 9.55 Å². The van der Waals surface area contributed by atoms with Gasteiger partial charge in [0, 0.05) is 6.54 Å². The number of aryl methyl sites for hydroxylation is 1. The van der Waals surface area contributed by atoms with Crippen LogP contribution in [0.3, 0.4) is 0 Å². The second-order valence-electron chi connectivity index (χ2n) is 4.44. The predicted octanol–water partition coefficient (Wildman–Crippen LogP) is 1.19. The topological polar surface area (TPSA) is 75.1 Å². The first-order chi connectivity index (χ1) is 9.52. The van der Waals surface area contributed by atoms with Gasteiger partial charge in [-0.2, -0.15) is 0 Å². The molecule has 106 valence electrons. The van der Waals surface area contributed by atoms with Crippen LogP contribution in [-0.2, 0) is 19.4 Å². The molecule has 2 rings (SSSR count). The second-order valence-corrected chi connectivity index (χ2v) is 4.44. The van der Waals surface area contributed by atoms with E-state index in [1.807, 2.05) is 0 Å². The summed E-state index contributed by atoms with van der Waals surface area (Å²) in [5.41, 5.74) is -0.189. The first-order valence-corrected chi connectivity index (χ1v) is 6.32. The second kappa shape index (κ2) is 5.73. The first kappa shape index (κ1) is 14.0. The van der Waals surface area contributed by atoms with Gasteiger partial charge in [0.2, 0.25) is 5.88 Å². The molecule has 1 aromatic heterocycles. The molecule has 2 aromatic rings. The predicted molar refractivity (Wildman–Crippen MR) is 72.5 cm³/mol. The van der Waals surface area contributed by atoms with E-state index in [1.165, 1.54) is 12.1 Å². The Morgan fingerprint density at radius 2 is 1.90 bits per heavy atom. The summed E-state index contributed by atoms with van der Waals surface area (Å²) in [4.78, 5) is 25.4. The summed E-state index contributed by atoms with van der Waals surface area (Å²) in [7, 11) is 0. The highest BCUT2D eigenvalue weighted by Gasteiger charge is 2.12. The van der Waals surface area contributed by atoms with E-state index in [0.29, 0.717) is 12.8 Å². The van der Waals surface area contributed by atoms with Crippen LogP contribution in [0.5, 0.6) is 5.88 Å². The number of halogens is 1. The van der Waals surface area contributed by atoms with E-state index in [4.69, 9.17) is 0 Å². The summed E-state index contributed by atoms with van der Waals surface area (Å²) in [5.74, 6) is -0.630. The van der Waals surface area contributed by atoms with E-state index in [2.05, 4.69) is 4.98 Å². The quantitative estimate of drug-likeness (QED) is 0.882. The number of hydrogen-bond acceptors (Lipinski definition) is 3. The van der Waals surface area contributed by atoms with E-state index in [1.54, 1.807) is 19.1 Å². The van der Waals surface area contributed by atoms with Crippen LogP contribution in [-0.4, -0.2) is 14.7 Å². The van der Waals surface area contributed by atoms with Gasteiger partial charge in [0.25, 0.3) is 5.56 Å². The summed E-state index contributed by atoms with van der Waals surface area (Å²) in [5, 5.41) is 9.96. The van der Waals surface area contributed by atoms with Gasteiger partial charge in [-0.15, -0.1) is 0 Å². The summed E-state index contributed by atoms with van der Waals surface area (Å²) in [6.07, 6.45) is 0.779. The number of hydrogen-bond donors (Lipinski definition) is 2. The molecular formula is C14H15FN2O3. The molecule has 1 aromatic carbocycles. The minimum Gasteiger partial charge on any atom is -0.494 e. The number of rotatable bonds is 4. The zero-order chi connectivity index (χ0) is 14.7. The Morgan fingerprint density at radius 1 is 1.25 bits per heavy atom. The van der Waals surface area contributed by atoms with E-state index in [0.717, 1.165) is 10.1 Å². The molecule has 6 heteroatoms. The van der Waals surface area contributed by atoms with Gasteiger partial charge < -0.3 is 5.11 Å². The van der Waals surface area contributed by atoms with Crippen molar-refractivity contribution in [3.8, 4) is 5.88 Å². The molecule has 1 heterocycles. The number of H-pyrrole nitrogens is 1. The third-order valence-corrected chi connectivity index (χ3v) is 3.16. The van der Waals surface area contributed by atoms with Crippen molar-refractivity contribution in [1.29, 1.82) is 0 Å². The lowest BCUT2D eigenvalue weighted by Crippen LogP contribution is -2.32. The lowest BCUT2D eigenvalue weighted by molar-refractivity contribution is 0.393. The fraction of sp³-hybridized carbons (Fsp3) is 0.286. The van der Waals surface area contributed by atoms with Crippen LogP contribution >= 0.6 is 0 Å². The summed E-state index contributed by atoms with van der Waals surface area (Å²) < 4.78 is 13.9. The number of aromatic nitrogens is 2.